The van der Waals surface area contributed by atoms with E-state index in [1.54, 1.807) is 12.3 Å². The third-order valence-electron chi connectivity index (χ3n) is 3.42. The van der Waals surface area contributed by atoms with Crippen LogP contribution in [0.3, 0.4) is 0 Å². The van der Waals surface area contributed by atoms with E-state index in [0.717, 1.165) is 22.5 Å². The lowest BCUT2D eigenvalue weighted by Crippen LogP contribution is -2.16. The Bertz CT molecular complexity index is 765. The molecule has 6 heteroatoms. The number of ether oxygens (including phenoxy) is 1. The first kappa shape index (κ1) is 15.3. The molecule has 0 bridgehead atoms. The second kappa shape index (κ2) is 7.14. The summed E-state index contributed by atoms with van der Waals surface area (Å²) in [7, 11) is 0. The smallest absolute Gasteiger partial charge is 0.140 e. The van der Waals surface area contributed by atoms with Crippen molar-refractivity contribution in [2.75, 3.05) is 30.5 Å². The van der Waals surface area contributed by atoms with Gasteiger partial charge in [-0.25, -0.2) is 4.98 Å². The molecule has 1 aromatic carbocycles. The molecule has 2 heterocycles. The van der Waals surface area contributed by atoms with Gasteiger partial charge in [-0.2, -0.15) is 5.26 Å². The minimum absolute atomic E-state index is 0.402. The van der Waals surface area contributed by atoms with E-state index in [-0.39, 0.29) is 0 Å². The molecular weight excluding hydrogens is 312 g/mol. The van der Waals surface area contributed by atoms with Crippen molar-refractivity contribution in [3.05, 3.63) is 58.4 Å². The Morgan fingerprint density at radius 3 is 3.04 bits per heavy atom. The molecule has 0 spiro atoms. The molecule has 0 aliphatic carbocycles. The van der Waals surface area contributed by atoms with Gasteiger partial charge in [0, 0.05) is 17.3 Å². The largest absolute Gasteiger partial charge is 0.380 e. The molecule has 116 valence electrons. The van der Waals surface area contributed by atoms with E-state index in [1.165, 1.54) is 0 Å². The molecule has 0 saturated carbocycles. The summed E-state index contributed by atoms with van der Waals surface area (Å²) >= 11 is 6.08. The second-order valence-electron chi connectivity index (χ2n) is 5.10. The van der Waals surface area contributed by atoms with E-state index in [0.29, 0.717) is 30.6 Å². The van der Waals surface area contributed by atoms with Crippen molar-refractivity contribution < 1.29 is 4.74 Å². The third-order valence-corrected chi connectivity index (χ3v) is 3.66. The Hall–Kier alpha value is -2.55. The van der Waals surface area contributed by atoms with Gasteiger partial charge in [0.1, 0.15) is 18.5 Å². The number of fused-ring (bicyclic) bond motifs is 1. The van der Waals surface area contributed by atoms with Crippen LogP contribution in [0.25, 0.3) is 6.08 Å². The second-order valence-corrected chi connectivity index (χ2v) is 5.54. The zero-order valence-electron chi connectivity index (χ0n) is 12.3. The van der Waals surface area contributed by atoms with Crippen molar-refractivity contribution in [2.45, 2.75) is 0 Å². The van der Waals surface area contributed by atoms with Gasteiger partial charge in [0.2, 0.25) is 0 Å². The lowest BCUT2D eigenvalue weighted by molar-refractivity contribution is 0.175. The third kappa shape index (κ3) is 4.01. The summed E-state index contributed by atoms with van der Waals surface area (Å²) in [6, 6.07) is 11.2. The van der Waals surface area contributed by atoms with E-state index in [9.17, 15) is 0 Å². The normalized spacial score (nSPS) is 15.9. The molecule has 0 radical (unpaired) electrons. The van der Waals surface area contributed by atoms with Crippen molar-refractivity contribution in [2.24, 2.45) is 0 Å². The van der Waals surface area contributed by atoms with Crippen LogP contribution in [0.15, 0.2) is 42.1 Å². The first-order valence-corrected chi connectivity index (χ1v) is 7.53. The van der Waals surface area contributed by atoms with Gasteiger partial charge in [0.15, 0.2) is 0 Å². The molecule has 0 atom stereocenters. The fourth-order valence-electron chi connectivity index (χ4n) is 2.27. The van der Waals surface area contributed by atoms with Crippen LogP contribution in [0.2, 0.25) is 5.02 Å². The predicted octanol–water partition coefficient (Wildman–Crippen LogP) is 3.50. The highest BCUT2D eigenvalue weighted by Crippen LogP contribution is 2.24. The number of rotatable bonds is 3. The van der Waals surface area contributed by atoms with Crippen LogP contribution in [0.5, 0.6) is 0 Å². The molecular formula is C17H15ClN4O. The summed E-state index contributed by atoms with van der Waals surface area (Å²) < 4.78 is 5.59. The number of nitriles is 1. The van der Waals surface area contributed by atoms with E-state index in [2.05, 4.69) is 21.7 Å². The number of hydrogen-bond donors (Lipinski definition) is 2. The van der Waals surface area contributed by atoms with Gasteiger partial charge in [-0.05, 0) is 47.5 Å². The van der Waals surface area contributed by atoms with Crippen molar-refractivity contribution in [3.63, 3.8) is 0 Å². The fourth-order valence-corrected chi connectivity index (χ4v) is 2.45. The van der Waals surface area contributed by atoms with Gasteiger partial charge in [-0.3, -0.25) is 0 Å². The number of nitrogens with zero attached hydrogens (tertiary/aromatic N) is 2. The Labute approximate surface area is 139 Å². The SMILES string of the molecule is N#Cc1ccc(NC/C2=C/c3cc(Cl)ccc3NCOC2)cn1. The number of benzene rings is 1. The average Bonchev–Trinajstić information content (AvgIpc) is 2.55. The van der Waals surface area contributed by atoms with Gasteiger partial charge < -0.3 is 15.4 Å². The maximum atomic E-state index is 8.76. The van der Waals surface area contributed by atoms with Crippen molar-refractivity contribution in [1.29, 1.82) is 5.26 Å². The minimum Gasteiger partial charge on any atom is -0.380 e. The summed E-state index contributed by atoms with van der Waals surface area (Å²) in [5, 5.41) is 16.0. The quantitative estimate of drug-likeness (QED) is 0.903. The Kier molecular flexibility index (Phi) is 4.77. The van der Waals surface area contributed by atoms with Gasteiger partial charge >= 0.3 is 0 Å². The Morgan fingerprint density at radius 2 is 2.26 bits per heavy atom. The minimum atomic E-state index is 0.402. The molecule has 0 saturated heterocycles. The van der Waals surface area contributed by atoms with Crippen LogP contribution in [-0.4, -0.2) is 24.9 Å². The number of halogens is 1. The van der Waals surface area contributed by atoms with E-state index < -0.39 is 0 Å². The van der Waals surface area contributed by atoms with Gasteiger partial charge in [-0.1, -0.05) is 11.6 Å². The van der Waals surface area contributed by atoms with Crippen LogP contribution in [0.1, 0.15) is 11.3 Å². The van der Waals surface area contributed by atoms with E-state index in [4.69, 9.17) is 21.6 Å². The van der Waals surface area contributed by atoms with Crippen LogP contribution >= 0.6 is 11.6 Å². The molecule has 0 unspecified atom stereocenters. The highest BCUT2D eigenvalue weighted by Gasteiger charge is 2.08. The van der Waals surface area contributed by atoms with Crippen LogP contribution in [0, 0.1) is 11.3 Å². The van der Waals surface area contributed by atoms with Gasteiger partial charge in [0.05, 0.1) is 18.5 Å². The maximum absolute atomic E-state index is 8.76. The van der Waals surface area contributed by atoms with Crippen molar-refractivity contribution >= 4 is 29.1 Å². The fraction of sp³-hybridized carbons (Fsp3) is 0.176. The standard InChI is InChI=1S/C17H15ClN4O/c18-14-1-4-17-13(6-14)5-12(10-23-11-22-17)8-20-16-3-2-15(7-19)21-9-16/h1-6,9,20,22H,8,10-11H2/b12-5-. The van der Waals surface area contributed by atoms with Gasteiger partial charge in [-0.15, -0.1) is 0 Å². The molecule has 0 fully saturated rings. The number of anilines is 2. The summed E-state index contributed by atoms with van der Waals surface area (Å²) in [5.74, 6) is 0. The first-order valence-electron chi connectivity index (χ1n) is 7.15. The predicted molar refractivity (Wildman–Crippen MR) is 91.3 cm³/mol. The molecule has 1 aliphatic heterocycles. The van der Waals surface area contributed by atoms with Crippen LogP contribution in [0.4, 0.5) is 11.4 Å². The van der Waals surface area contributed by atoms with Crippen LogP contribution < -0.4 is 10.6 Å². The summed E-state index contributed by atoms with van der Waals surface area (Å²) in [6.45, 7) is 1.60. The Balaban J connectivity index is 1.75. The topological polar surface area (TPSA) is 70.0 Å². The highest BCUT2D eigenvalue weighted by molar-refractivity contribution is 6.30. The van der Waals surface area contributed by atoms with Crippen molar-refractivity contribution in [3.8, 4) is 6.07 Å². The molecule has 0 amide bonds. The first-order chi connectivity index (χ1) is 11.2. The van der Waals surface area contributed by atoms with Gasteiger partial charge in [0.25, 0.3) is 0 Å². The monoisotopic (exact) mass is 326 g/mol. The molecule has 5 nitrogen and oxygen atoms in total. The highest BCUT2D eigenvalue weighted by atomic mass is 35.5. The molecule has 23 heavy (non-hydrogen) atoms. The van der Waals surface area contributed by atoms with Crippen LogP contribution in [-0.2, 0) is 4.74 Å². The molecule has 2 N–H and O–H groups in total. The summed E-state index contributed by atoms with van der Waals surface area (Å²) in [6.07, 6.45) is 3.71. The number of nitrogens with one attached hydrogen (secondary N) is 2. The lowest BCUT2D eigenvalue weighted by Gasteiger charge is -2.17. The number of aromatic nitrogens is 1. The Morgan fingerprint density at radius 1 is 1.35 bits per heavy atom. The number of hydrogen-bond acceptors (Lipinski definition) is 5. The molecule has 3 rings (SSSR count). The average molecular weight is 327 g/mol. The molecule has 2 aromatic rings. The van der Waals surface area contributed by atoms with Crippen molar-refractivity contribution in [1.82, 2.24) is 4.98 Å². The zero-order chi connectivity index (χ0) is 16.1. The number of pyridine rings is 1. The molecule has 1 aliphatic rings. The maximum Gasteiger partial charge on any atom is 0.140 e. The van der Waals surface area contributed by atoms with E-state index in [1.807, 2.05) is 30.3 Å². The zero-order valence-corrected chi connectivity index (χ0v) is 13.1. The molecule has 1 aromatic heterocycles. The summed E-state index contributed by atoms with van der Waals surface area (Å²) in [5.41, 5.74) is 4.39. The lowest BCUT2D eigenvalue weighted by atomic mass is 10.1. The summed E-state index contributed by atoms with van der Waals surface area (Å²) in [4.78, 5) is 4.04. The van der Waals surface area contributed by atoms with E-state index >= 15 is 0 Å².